The number of amides is 3. The van der Waals surface area contributed by atoms with Crippen LogP contribution in [0.15, 0.2) is 91.0 Å². The van der Waals surface area contributed by atoms with Gasteiger partial charge in [-0.05, 0) is 42.4 Å². The van der Waals surface area contributed by atoms with Crippen LogP contribution in [0.2, 0.25) is 0 Å². The number of hydrogen-bond acceptors (Lipinski definition) is 7. The van der Waals surface area contributed by atoms with Crippen molar-refractivity contribution in [2.45, 2.75) is 69.4 Å². The molecule has 1 saturated carbocycles. The first-order valence-electron chi connectivity index (χ1n) is 15.8. The number of rotatable bonds is 13. The minimum Gasteiger partial charge on any atom is -0.469 e. The van der Waals surface area contributed by atoms with Gasteiger partial charge in [-0.25, -0.2) is 4.79 Å². The molecule has 1 aliphatic carbocycles. The Hall–Kier alpha value is -4.70. The highest BCUT2D eigenvalue weighted by molar-refractivity contribution is 5.96. The van der Waals surface area contributed by atoms with Crippen LogP contribution >= 0.6 is 0 Å². The van der Waals surface area contributed by atoms with Crippen LogP contribution in [0.1, 0.15) is 48.8 Å². The Labute approximate surface area is 270 Å². The van der Waals surface area contributed by atoms with Gasteiger partial charge in [-0.15, -0.1) is 0 Å². The van der Waals surface area contributed by atoms with Gasteiger partial charge in [0.05, 0.1) is 13.5 Å². The maximum Gasteiger partial charge on any atom is 0.408 e. The van der Waals surface area contributed by atoms with E-state index < -0.39 is 29.6 Å². The van der Waals surface area contributed by atoms with Crippen molar-refractivity contribution in [2.75, 3.05) is 20.2 Å². The molecule has 1 heterocycles. The van der Waals surface area contributed by atoms with Crippen LogP contribution in [0, 0.1) is 0 Å². The molecule has 46 heavy (non-hydrogen) atoms. The lowest BCUT2D eigenvalue weighted by molar-refractivity contribution is -0.156. The zero-order valence-corrected chi connectivity index (χ0v) is 26.2. The maximum atomic E-state index is 14.5. The Bertz CT molecular complexity index is 1460. The van der Waals surface area contributed by atoms with Crippen molar-refractivity contribution in [1.29, 1.82) is 0 Å². The second-order valence-electron chi connectivity index (χ2n) is 11.9. The first kappa shape index (κ1) is 32.7. The molecule has 0 radical (unpaired) electrons. The molecular formula is C36H42N4O6. The average molecular weight is 627 g/mol. The summed E-state index contributed by atoms with van der Waals surface area (Å²) in [6.07, 6.45) is 1.06. The highest BCUT2D eigenvalue weighted by Crippen LogP contribution is 2.40. The molecule has 0 aromatic heterocycles. The molecule has 10 nitrogen and oxygen atoms in total. The van der Waals surface area contributed by atoms with E-state index in [-0.39, 0.29) is 25.0 Å². The third-order valence-corrected chi connectivity index (χ3v) is 8.66. The minimum atomic E-state index is -1.27. The standard InChI is InChI=1S/C36H42N4O6/c1-45-32(41)23-31(38-35(44)46-26-29-15-9-4-10-16-29)33(42)40(30-17-18-30)36(34(43)37-24-27-11-5-2-6-12-27)19-21-39(22-20-36)25-28-13-7-3-8-14-28/h2-16,30-31H,17-26H2,1H3,(H,37,43)(H,38,44)/t31-/m0/s1. The monoisotopic (exact) mass is 626 g/mol. The Morgan fingerprint density at radius 2 is 1.41 bits per heavy atom. The molecule has 1 atom stereocenters. The Kier molecular flexibility index (Phi) is 11.0. The summed E-state index contributed by atoms with van der Waals surface area (Å²) < 4.78 is 10.3. The summed E-state index contributed by atoms with van der Waals surface area (Å²) in [5.74, 6) is -1.38. The van der Waals surface area contributed by atoms with E-state index in [9.17, 15) is 19.2 Å². The smallest absolute Gasteiger partial charge is 0.408 e. The molecule has 242 valence electrons. The number of methoxy groups -OCH3 is 1. The van der Waals surface area contributed by atoms with Gasteiger partial charge in [0.1, 0.15) is 18.2 Å². The van der Waals surface area contributed by atoms with Crippen molar-refractivity contribution >= 4 is 23.9 Å². The third kappa shape index (κ3) is 8.51. The van der Waals surface area contributed by atoms with Gasteiger partial charge in [-0.3, -0.25) is 19.3 Å². The quantitative estimate of drug-likeness (QED) is 0.274. The molecule has 1 aliphatic heterocycles. The highest BCUT2D eigenvalue weighted by atomic mass is 16.5. The lowest BCUT2D eigenvalue weighted by Crippen LogP contribution is -2.67. The predicted molar refractivity (Wildman–Crippen MR) is 172 cm³/mol. The van der Waals surface area contributed by atoms with Gasteiger partial charge in [0.15, 0.2) is 0 Å². The molecule has 5 rings (SSSR count). The topological polar surface area (TPSA) is 117 Å². The van der Waals surface area contributed by atoms with E-state index in [0.717, 1.165) is 30.5 Å². The number of ether oxygens (including phenoxy) is 2. The molecular weight excluding hydrogens is 584 g/mol. The van der Waals surface area contributed by atoms with E-state index in [1.807, 2.05) is 78.9 Å². The lowest BCUT2D eigenvalue weighted by Gasteiger charge is -2.48. The number of benzene rings is 3. The first-order chi connectivity index (χ1) is 22.4. The van der Waals surface area contributed by atoms with E-state index in [1.165, 1.54) is 12.7 Å². The van der Waals surface area contributed by atoms with Gasteiger partial charge in [-0.1, -0.05) is 91.0 Å². The summed E-state index contributed by atoms with van der Waals surface area (Å²) in [6.45, 7) is 2.25. The third-order valence-electron chi connectivity index (χ3n) is 8.66. The van der Waals surface area contributed by atoms with Gasteiger partial charge >= 0.3 is 12.1 Å². The normalized spacial score (nSPS) is 16.5. The number of carbonyl (C=O) groups is 4. The number of nitrogens with zero attached hydrogens (tertiary/aromatic N) is 2. The zero-order chi connectivity index (χ0) is 32.4. The predicted octanol–water partition coefficient (Wildman–Crippen LogP) is 4.19. The van der Waals surface area contributed by atoms with Crippen LogP contribution in [0.25, 0.3) is 0 Å². The first-order valence-corrected chi connectivity index (χ1v) is 15.8. The number of piperidine rings is 1. The molecule has 2 N–H and O–H groups in total. The molecule has 2 fully saturated rings. The number of carbonyl (C=O) groups excluding carboxylic acids is 4. The Morgan fingerprint density at radius 3 is 1.98 bits per heavy atom. The fourth-order valence-corrected chi connectivity index (χ4v) is 6.04. The van der Waals surface area contributed by atoms with Gasteiger partial charge < -0.3 is 25.0 Å². The Morgan fingerprint density at radius 1 is 0.848 bits per heavy atom. The summed E-state index contributed by atoms with van der Waals surface area (Å²) in [4.78, 5) is 58.2. The second-order valence-corrected chi connectivity index (χ2v) is 11.9. The number of hydrogen-bond donors (Lipinski definition) is 2. The van der Waals surface area contributed by atoms with Crippen molar-refractivity contribution in [1.82, 2.24) is 20.4 Å². The fraction of sp³-hybridized carbons (Fsp3) is 0.389. The molecule has 10 heteroatoms. The maximum absolute atomic E-state index is 14.5. The lowest BCUT2D eigenvalue weighted by atomic mass is 9.83. The number of nitrogens with one attached hydrogen (secondary N) is 2. The fourth-order valence-electron chi connectivity index (χ4n) is 6.04. The van der Waals surface area contributed by atoms with E-state index in [2.05, 4.69) is 27.7 Å². The number of esters is 1. The summed E-state index contributed by atoms with van der Waals surface area (Å²) >= 11 is 0. The van der Waals surface area contributed by atoms with Gasteiger partial charge in [0, 0.05) is 32.2 Å². The molecule has 3 aromatic carbocycles. The summed E-state index contributed by atoms with van der Waals surface area (Å²) in [5, 5.41) is 5.72. The molecule has 1 saturated heterocycles. The summed E-state index contributed by atoms with van der Waals surface area (Å²) in [5.41, 5.74) is 1.74. The van der Waals surface area contributed by atoms with E-state index in [4.69, 9.17) is 9.47 Å². The molecule has 0 unspecified atom stereocenters. The van der Waals surface area contributed by atoms with Crippen LogP contribution in [0.4, 0.5) is 4.79 Å². The van der Waals surface area contributed by atoms with Crippen molar-refractivity contribution in [3.63, 3.8) is 0 Å². The van der Waals surface area contributed by atoms with Crippen LogP contribution in [-0.4, -0.2) is 71.5 Å². The summed E-state index contributed by atoms with van der Waals surface area (Å²) in [6, 6.07) is 27.5. The van der Waals surface area contributed by atoms with Crippen molar-refractivity contribution in [3.05, 3.63) is 108 Å². The van der Waals surface area contributed by atoms with Crippen LogP contribution in [-0.2, 0) is 43.6 Å². The van der Waals surface area contributed by atoms with Gasteiger partial charge in [0.2, 0.25) is 11.8 Å². The van der Waals surface area contributed by atoms with E-state index in [1.54, 1.807) is 4.90 Å². The molecule has 0 bridgehead atoms. The molecule has 3 aromatic rings. The minimum absolute atomic E-state index is 0.00122. The SMILES string of the molecule is COC(=O)C[C@H](NC(=O)OCc1ccccc1)C(=O)N(C1CC1)C1(C(=O)NCc2ccccc2)CCN(Cc2ccccc2)CC1. The number of alkyl carbamates (subject to hydrolysis) is 1. The second kappa shape index (κ2) is 15.5. The van der Waals surface area contributed by atoms with E-state index in [0.29, 0.717) is 32.5 Å². The van der Waals surface area contributed by atoms with Crippen molar-refractivity contribution in [2.24, 2.45) is 0 Å². The van der Waals surface area contributed by atoms with E-state index >= 15 is 0 Å². The van der Waals surface area contributed by atoms with Crippen LogP contribution < -0.4 is 10.6 Å². The van der Waals surface area contributed by atoms with Crippen molar-refractivity contribution < 1.29 is 28.7 Å². The van der Waals surface area contributed by atoms with Crippen LogP contribution in [0.3, 0.4) is 0 Å². The summed E-state index contributed by atoms with van der Waals surface area (Å²) in [7, 11) is 1.23. The van der Waals surface area contributed by atoms with Crippen molar-refractivity contribution in [3.8, 4) is 0 Å². The zero-order valence-electron chi connectivity index (χ0n) is 26.2. The molecule has 3 amide bonds. The average Bonchev–Trinajstić information content (AvgIpc) is 3.93. The Balaban J connectivity index is 1.38. The molecule has 2 aliphatic rings. The van der Waals surface area contributed by atoms with Gasteiger partial charge in [-0.2, -0.15) is 0 Å². The van der Waals surface area contributed by atoms with Gasteiger partial charge in [0.25, 0.3) is 0 Å². The largest absolute Gasteiger partial charge is 0.469 e. The highest BCUT2D eigenvalue weighted by Gasteiger charge is 2.54. The van der Waals surface area contributed by atoms with Crippen LogP contribution in [0.5, 0.6) is 0 Å². The number of likely N-dealkylation sites (tertiary alicyclic amines) is 1. The molecule has 0 spiro atoms.